The fraction of sp³-hybridized carbons (Fsp3) is 0.318. The van der Waals surface area contributed by atoms with Gasteiger partial charge in [0.15, 0.2) is 0 Å². The minimum Gasteiger partial charge on any atom is -0.497 e. The number of nitrogens with one attached hydrogen (secondary N) is 2. The lowest BCUT2D eigenvalue weighted by atomic mass is 9.92. The van der Waals surface area contributed by atoms with Crippen molar-refractivity contribution < 1.29 is 23.9 Å². The van der Waals surface area contributed by atoms with Gasteiger partial charge in [0.25, 0.3) is 5.91 Å². The van der Waals surface area contributed by atoms with Crippen LogP contribution in [0, 0.1) is 0 Å². The molecule has 30 heavy (non-hydrogen) atoms. The fourth-order valence-electron chi connectivity index (χ4n) is 4.15. The summed E-state index contributed by atoms with van der Waals surface area (Å²) in [6, 6.07) is 12.3. The van der Waals surface area contributed by atoms with Gasteiger partial charge < -0.3 is 20.1 Å². The fourth-order valence-corrected chi connectivity index (χ4v) is 4.15. The predicted molar refractivity (Wildman–Crippen MR) is 108 cm³/mol. The summed E-state index contributed by atoms with van der Waals surface area (Å²) in [7, 11) is 3.10. The van der Waals surface area contributed by atoms with Crippen LogP contribution in [0.3, 0.4) is 0 Å². The topological polar surface area (TPSA) is 97.0 Å². The average molecular weight is 409 g/mol. The van der Waals surface area contributed by atoms with E-state index in [1.165, 1.54) is 0 Å². The zero-order chi connectivity index (χ0) is 21.3. The molecule has 0 bridgehead atoms. The molecule has 2 aliphatic rings. The van der Waals surface area contributed by atoms with Crippen LogP contribution in [0.1, 0.15) is 23.1 Å². The number of ether oxygens (including phenoxy) is 2. The van der Waals surface area contributed by atoms with Gasteiger partial charge in [0.05, 0.1) is 14.2 Å². The van der Waals surface area contributed by atoms with Crippen molar-refractivity contribution in [1.82, 2.24) is 15.5 Å². The van der Waals surface area contributed by atoms with E-state index in [9.17, 15) is 14.4 Å². The minimum absolute atomic E-state index is 0.177. The number of methoxy groups -OCH3 is 2. The lowest BCUT2D eigenvalue weighted by molar-refractivity contribution is -0.135. The summed E-state index contributed by atoms with van der Waals surface area (Å²) < 4.78 is 10.5. The van der Waals surface area contributed by atoms with Crippen molar-refractivity contribution >= 4 is 17.8 Å². The first-order chi connectivity index (χ1) is 14.5. The third-order valence-electron chi connectivity index (χ3n) is 5.69. The van der Waals surface area contributed by atoms with E-state index < -0.39 is 17.5 Å². The lowest BCUT2D eigenvalue weighted by Crippen LogP contribution is -2.43. The summed E-state index contributed by atoms with van der Waals surface area (Å²) in [6.07, 6.45) is 1.20. The van der Waals surface area contributed by atoms with Gasteiger partial charge in [-0.25, -0.2) is 4.79 Å². The van der Waals surface area contributed by atoms with Gasteiger partial charge in [-0.15, -0.1) is 0 Å². The second-order valence-corrected chi connectivity index (χ2v) is 7.34. The monoisotopic (exact) mass is 409 g/mol. The Labute approximate surface area is 174 Å². The third-order valence-corrected chi connectivity index (χ3v) is 5.69. The first-order valence-electron chi connectivity index (χ1n) is 9.68. The molecular weight excluding hydrogens is 386 g/mol. The van der Waals surface area contributed by atoms with Crippen LogP contribution in [-0.2, 0) is 28.1 Å². The van der Waals surface area contributed by atoms with Gasteiger partial charge in [-0.1, -0.05) is 24.3 Å². The number of nitrogens with zero attached hydrogens (tertiary/aromatic N) is 1. The number of carbonyl (C=O) groups excluding carboxylic acids is 3. The van der Waals surface area contributed by atoms with Crippen LogP contribution in [0.4, 0.5) is 4.79 Å². The Bertz CT molecular complexity index is 1020. The van der Waals surface area contributed by atoms with Gasteiger partial charge in [-0.05, 0) is 42.2 Å². The first kappa shape index (κ1) is 19.8. The standard InChI is InChI=1S/C22H23N3O5/c1-29-16-7-8-18(30-2)15(11-16)12-23-19(26)13-25-20(27)22(24-21(25)28)10-9-14-5-3-4-6-17(14)22/h3-8,11H,9-10,12-13H2,1-2H3,(H,23,26)(H,24,28). The number of hydrogen-bond donors (Lipinski definition) is 2. The number of fused-ring (bicyclic) bond motifs is 2. The molecule has 1 heterocycles. The molecule has 1 aliphatic carbocycles. The highest BCUT2D eigenvalue weighted by Crippen LogP contribution is 2.41. The Hall–Kier alpha value is -3.55. The Morgan fingerprint density at radius 3 is 2.73 bits per heavy atom. The smallest absolute Gasteiger partial charge is 0.325 e. The van der Waals surface area contributed by atoms with Gasteiger partial charge in [0, 0.05) is 12.1 Å². The molecule has 1 atom stereocenters. The van der Waals surface area contributed by atoms with Gasteiger partial charge in [-0.2, -0.15) is 0 Å². The molecule has 2 aromatic carbocycles. The van der Waals surface area contributed by atoms with E-state index in [-0.39, 0.29) is 19.0 Å². The van der Waals surface area contributed by atoms with Gasteiger partial charge in [0.1, 0.15) is 23.6 Å². The number of benzene rings is 2. The van der Waals surface area contributed by atoms with E-state index in [0.717, 1.165) is 21.6 Å². The number of hydrogen-bond acceptors (Lipinski definition) is 5. The number of amides is 4. The molecule has 8 heteroatoms. The quantitative estimate of drug-likeness (QED) is 0.708. The van der Waals surface area contributed by atoms with Crippen molar-refractivity contribution in [3.8, 4) is 11.5 Å². The molecule has 1 fully saturated rings. The predicted octanol–water partition coefficient (Wildman–Crippen LogP) is 1.71. The maximum Gasteiger partial charge on any atom is 0.325 e. The van der Waals surface area contributed by atoms with Gasteiger partial charge in [0.2, 0.25) is 5.91 Å². The molecule has 1 saturated heterocycles. The summed E-state index contributed by atoms with van der Waals surface area (Å²) in [4.78, 5) is 39.1. The molecule has 1 unspecified atom stereocenters. The van der Waals surface area contributed by atoms with Crippen LogP contribution in [-0.4, -0.2) is 43.5 Å². The molecule has 8 nitrogen and oxygen atoms in total. The molecule has 2 N–H and O–H groups in total. The zero-order valence-electron chi connectivity index (χ0n) is 16.9. The van der Waals surface area contributed by atoms with Crippen LogP contribution in [0.5, 0.6) is 11.5 Å². The van der Waals surface area contributed by atoms with E-state index in [2.05, 4.69) is 10.6 Å². The van der Waals surface area contributed by atoms with Crippen LogP contribution < -0.4 is 20.1 Å². The van der Waals surface area contributed by atoms with Crippen molar-refractivity contribution in [2.24, 2.45) is 0 Å². The number of aryl methyl sites for hydroxylation is 1. The van der Waals surface area contributed by atoms with Crippen molar-refractivity contribution in [3.63, 3.8) is 0 Å². The summed E-state index contributed by atoms with van der Waals surface area (Å²) in [5.74, 6) is 0.418. The molecule has 0 saturated carbocycles. The summed E-state index contributed by atoms with van der Waals surface area (Å²) in [6.45, 7) is -0.169. The molecule has 2 aromatic rings. The van der Waals surface area contributed by atoms with E-state index >= 15 is 0 Å². The van der Waals surface area contributed by atoms with E-state index in [1.54, 1.807) is 32.4 Å². The van der Waals surface area contributed by atoms with Crippen LogP contribution in [0.15, 0.2) is 42.5 Å². The van der Waals surface area contributed by atoms with Crippen molar-refractivity contribution in [2.75, 3.05) is 20.8 Å². The second-order valence-electron chi connectivity index (χ2n) is 7.34. The average Bonchev–Trinajstić information content (AvgIpc) is 3.25. The number of carbonyl (C=O) groups is 3. The van der Waals surface area contributed by atoms with E-state index in [0.29, 0.717) is 24.3 Å². The third kappa shape index (κ3) is 3.24. The van der Waals surface area contributed by atoms with Crippen molar-refractivity contribution in [2.45, 2.75) is 24.9 Å². The highest BCUT2D eigenvalue weighted by atomic mass is 16.5. The Kier molecular flexibility index (Phi) is 5.07. The molecule has 1 spiro atoms. The summed E-state index contributed by atoms with van der Waals surface area (Å²) >= 11 is 0. The largest absolute Gasteiger partial charge is 0.497 e. The maximum atomic E-state index is 13.1. The van der Waals surface area contributed by atoms with Crippen LogP contribution >= 0.6 is 0 Å². The Balaban J connectivity index is 1.45. The van der Waals surface area contributed by atoms with Gasteiger partial charge >= 0.3 is 6.03 Å². The summed E-state index contributed by atoms with van der Waals surface area (Å²) in [5.41, 5.74) is 1.52. The summed E-state index contributed by atoms with van der Waals surface area (Å²) in [5, 5.41) is 5.56. The zero-order valence-corrected chi connectivity index (χ0v) is 16.9. The maximum absolute atomic E-state index is 13.1. The molecule has 1 aliphatic heterocycles. The molecule has 4 rings (SSSR count). The molecule has 156 valence electrons. The Morgan fingerprint density at radius 2 is 1.97 bits per heavy atom. The highest BCUT2D eigenvalue weighted by molar-refractivity contribution is 6.09. The number of rotatable bonds is 6. The SMILES string of the molecule is COc1ccc(OC)c(CNC(=O)CN2C(=O)NC3(CCc4ccccc43)C2=O)c1. The van der Waals surface area contributed by atoms with Gasteiger partial charge in [-0.3, -0.25) is 14.5 Å². The van der Waals surface area contributed by atoms with Crippen LogP contribution in [0.2, 0.25) is 0 Å². The van der Waals surface area contributed by atoms with Crippen molar-refractivity contribution in [1.29, 1.82) is 0 Å². The first-order valence-corrected chi connectivity index (χ1v) is 9.68. The normalized spacial score (nSPS) is 19.6. The van der Waals surface area contributed by atoms with Crippen LogP contribution in [0.25, 0.3) is 0 Å². The van der Waals surface area contributed by atoms with E-state index in [4.69, 9.17) is 9.47 Å². The highest BCUT2D eigenvalue weighted by Gasteiger charge is 2.55. The second kappa shape index (κ2) is 7.70. The molecule has 4 amide bonds. The molecular formula is C22H23N3O5. The van der Waals surface area contributed by atoms with E-state index in [1.807, 2.05) is 24.3 Å². The molecule has 0 aromatic heterocycles. The van der Waals surface area contributed by atoms with Crippen molar-refractivity contribution in [3.05, 3.63) is 59.2 Å². The number of imide groups is 1. The Morgan fingerprint density at radius 1 is 1.17 bits per heavy atom. The molecule has 0 radical (unpaired) electrons. The number of urea groups is 1. The lowest BCUT2D eigenvalue weighted by Gasteiger charge is -2.22. The minimum atomic E-state index is -1.07.